The summed E-state index contributed by atoms with van der Waals surface area (Å²) in [5.41, 5.74) is 0.797. The Morgan fingerprint density at radius 1 is 1.55 bits per heavy atom. The van der Waals surface area contributed by atoms with Gasteiger partial charge in [0.25, 0.3) is 0 Å². The third-order valence-electron chi connectivity index (χ3n) is 3.53. The molecule has 0 spiro atoms. The molecule has 1 heterocycles. The largest absolute Gasteiger partial charge is 0.496 e. The molecule has 1 unspecified atom stereocenters. The van der Waals surface area contributed by atoms with Crippen molar-refractivity contribution in [1.29, 1.82) is 0 Å². The number of hydrogen-bond acceptors (Lipinski definition) is 3. The zero-order valence-electron chi connectivity index (χ0n) is 11.7. The minimum absolute atomic E-state index is 0.0132. The Morgan fingerprint density at radius 2 is 2.35 bits per heavy atom. The van der Waals surface area contributed by atoms with E-state index in [-0.39, 0.29) is 11.9 Å². The van der Waals surface area contributed by atoms with E-state index in [2.05, 4.69) is 5.32 Å². The van der Waals surface area contributed by atoms with Crippen molar-refractivity contribution in [2.75, 3.05) is 27.2 Å². The van der Waals surface area contributed by atoms with Gasteiger partial charge < -0.3 is 15.0 Å². The Labute approximate surface area is 124 Å². The Bertz CT molecular complexity index is 511. The first-order valence-corrected chi connectivity index (χ1v) is 6.98. The third kappa shape index (κ3) is 3.52. The molecule has 4 nitrogen and oxygen atoms in total. The van der Waals surface area contributed by atoms with Gasteiger partial charge in [-0.3, -0.25) is 4.79 Å². The summed E-state index contributed by atoms with van der Waals surface area (Å²) in [6, 6.07) is 5.60. The molecule has 1 aromatic rings. The van der Waals surface area contributed by atoms with Crippen LogP contribution in [0.4, 0.5) is 0 Å². The predicted molar refractivity (Wildman–Crippen MR) is 81.1 cm³/mol. The minimum atomic E-state index is -0.0132. The van der Waals surface area contributed by atoms with Gasteiger partial charge in [-0.05, 0) is 37.2 Å². The summed E-state index contributed by atoms with van der Waals surface area (Å²) in [6.45, 7) is 1.82. The normalized spacial score (nSPS) is 18.4. The lowest BCUT2D eigenvalue weighted by Crippen LogP contribution is -2.37. The van der Waals surface area contributed by atoms with Crippen LogP contribution in [-0.2, 0) is 4.79 Å². The van der Waals surface area contributed by atoms with Crippen molar-refractivity contribution >= 4 is 23.6 Å². The number of benzene rings is 1. The van der Waals surface area contributed by atoms with Crippen LogP contribution in [-0.4, -0.2) is 44.1 Å². The van der Waals surface area contributed by atoms with E-state index in [0.717, 1.165) is 25.1 Å². The Balaban J connectivity index is 2.08. The molecule has 5 heteroatoms. The molecule has 1 aliphatic rings. The summed E-state index contributed by atoms with van der Waals surface area (Å²) in [7, 11) is 3.43. The van der Waals surface area contributed by atoms with Gasteiger partial charge in [0.1, 0.15) is 5.75 Å². The standard InChI is InChI=1S/C15H19ClN2O2/c1-18(13-7-8-17-10-13)15(19)6-3-11-9-12(16)4-5-14(11)20-2/h3-6,9,13,17H,7-8,10H2,1-2H3. The van der Waals surface area contributed by atoms with Crippen molar-refractivity contribution in [2.45, 2.75) is 12.5 Å². The fraction of sp³-hybridized carbons (Fsp3) is 0.400. The van der Waals surface area contributed by atoms with Gasteiger partial charge in [0, 0.05) is 36.3 Å². The average molecular weight is 295 g/mol. The summed E-state index contributed by atoms with van der Waals surface area (Å²) < 4.78 is 5.25. The van der Waals surface area contributed by atoms with E-state index >= 15 is 0 Å². The second-order valence-corrected chi connectivity index (χ2v) is 5.25. The van der Waals surface area contributed by atoms with Gasteiger partial charge in [0.15, 0.2) is 0 Å². The lowest BCUT2D eigenvalue weighted by Gasteiger charge is -2.22. The van der Waals surface area contributed by atoms with Gasteiger partial charge in [-0.2, -0.15) is 0 Å². The lowest BCUT2D eigenvalue weighted by molar-refractivity contribution is -0.126. The topological polar surface area (TPSA) is 41.6 Å². The molecule has 1 N–H and O–H groups in total. The van der Waals surface area contributed by atoms with Crippen LogP contribution in [0.2, 0.25) is 5.02 Å². The average Bonchev–Trinajstić information content (AvgIpc) is 2.98. The quantitative estimate of drug-likeness (QED) is 0.866. The van der Waals surface area contributed by atoms with Crippen molar-refractivity contribution in [2.24, 2.45) is 0 Å². The molecule has 1 atom stereocenters. The van der Waals surface area contributed by atoms with Crippen molar-refractivity contribution in [3.63, 3.8) is 0 Å². The van der Waals surface area contributed by atoms with Crippen molar-refractivity contribution < 1.29 is 9.53 Å². The van der Waals surface area contributed by atoms with E-state index in [9.17, 15) is 4.79 Å². The number of nitrogens with one attached hydrogen (secondary N) is 1. The van der Waals surface area contributed by atoms with Gasteiger partial charge in [-0.25, -0.2) is 0 Å². The number of carbonyl (C=O) groups is 1. The van der Waals surface area contributed by atoms with Gasteiger partial charge in [-0.15, -0.1) is 0 Å². The van der Waals surface area contributed by atoms with Crippen LogP contribution >= 0.6 is 11.6 Å². The molecule has 1 amide bonds. The monoisotopic (exact) mass is 294 g/mol. The summed E-state index contributed by atoms with van der Waals surface area (Å²) in [5.74, 6) is 0.685. The molecule has 108 valence electrons. The highest BCUT2D eigenvalue weighted by Gasteiger charge is 2.21. The highest BCUT2D eigenvalue weighted by atomic mass is 35.5. The number of nitrogens with zero attached hydrogens (tertiary/aromatic N) is 1. The molecular formula is C15H19ClN2O2. The van der Waals surface area contributed by atoms with Gasteiger partial charge in [0.05, 0.1) is 7.11 Å². The van der Waals surface area contributed by atoms with Crippen LogP contribution in [0.15, 0.2) is 24.3 Å². The Hall–Kier alpha value is -1.52. The van der Waals surface area contributed by atoms with Crippen LogP contribution in [0.5, 0.6) is 5.75 Å². The molecule has 1 aromatic carbocycles. The molecule has 0 radical (unpaired) electrons. The van der Waals surface area contributed by atoms with Gasteiger partial charge in [-0.1, -0.05) is 11.6 Å². The molecule has 2 rings (SSSR count). The molecule has 0 aromatic heterocycles. The second-order valence-electron chi connectivity index (χ2n) is 4.82. The number of carbonyl (C=O) groups excluding carboxylic acids is 1. The zero-order chi connectivity index (χ0) is 14.5. The predicted octanol–water partition coefficient (Wildman–Crippen LogP) is 2.18. The Morgan fingerprint density at radius 3 is 3.00 bits per heavy atom. The number of rotatable bonds is 4. The fourth-order valence-corrected chi connectivity index (χ4v) is 2.44. The van der Waals surface area contributed by atoms with E-state index in [1.54, 1.807) is 42.4 Å². The molecule has 20 heavy (non-hydrogen) atoms. The van der Waals surface area contributed by atoms with Crippen LogP contribution in [0.1, 0.15) is 12.0 Å². The number of hydrogen-bond donors (Lipinski definition) is 1. The first-order valence-electron chi connectivity index (χ1n) is 6.61. The third-order valence-corrected chi connectivity index (χ3v) is 3.76. The number of halogens is 1. The minimum Gasteiger partial charge on any atom is -0.496 e. The molecule has 0 bridgehead atoms. The zero-order valence-corrected chi connectivity index (χ0v) is 12.5. The highest BCUT2D eigenvalue weighted by molar-refractivity contribution is 6.30. The summed E-state index contributed by atoms with van der Waals surface area (Å²) in [4.78, 5) is 13.9. The lowest BCUT2D eigenvalue weighted by atomic mass is 10.1. The highest BCUT2D eigenvalue weighted by Crippen LogP contribution is 2.23. The van der Waals surface area contributed by atoms with E-state index in [4.69, 9.17) is 16.3 Å². The molecule has 1 fully saturated rings. The maximum absolute atomic E-state index is 12.1. The van der Waals surface area contributed by atoms with Crippen LogP contribution in [0.3, 0.4) is 0 Å². The molecular weight excluding hydrogens is 276 g/mol. The molecule has 1 saturated heterocycles. The summed E-state index contributed by atoms with van der Waals surface area (Å²) in [5, 5.41) is 3.87. The Kier molecular flexibility index (Phi) is 5.04. The van der Waals surface area contributed by atoms with Crippen molar-refractivity contribution in [3.05, 3.63) is 34.9 Å². The number of ether oxygens (including phenoxy) is 1. The molecule has 0 saturated carbocycles. The van der Waals surface area contributed by atoms with Gasteiger partial charge >= 0.3 is 0 Å². The number of likely N-dealkylation sites (N-methyl/N-ethyl adjacent to an activating group) is 1. The second kappa shape index (κ2) is 6.77. The summed E-state index contributed by atoms with van der Waals surface area (Å²) >= 11 is 5.96. The number of amides is 1. The fourth-order valence-electron chi connectivity index (χ4n) is 2.26. The first kappa shape index (κ1) is 14.9. The number of methoxy groups -OCH3 is 1. The van der Waals surface area contributed by atoms with E-state index < -0.39 is 0 Å². The van der Waals surface area contributed by atoms with Gasteiger partial charge in [0.2, 0.25) is 5.91 Å². The van der Waals surface area contributed by atoms with Crippen LogP contribution < -0.4 is 10.1 Å². The first-order chi connectivity index (χ1) is 9.61. The van der Waals surface area contributed by atoms with Crippen LogP contribution in [0, 0.1) is 0 Å². The summed E-state index contributed by atoms with van der Waals surface area (Å²) in [6.07, 6.45) is 4.30. The van der Waals surface area contributed by atoms with E-state index in [1.165, 1.54) is 0 Å². The van der Waals surface area contributed by atoms with Crippen LogP contribution in [0.25, 0.3) is 6.08 Å². The molecule has 1 aliphatic heterocycles. The van der Waals surface area contributed by atoms with Crippen molar-refractivity contribution in [1.82, 2.24) is 10.2 Å². The maximum Gasteiger partial charge on any atom is 0.246 e. The maximum atomic E-state index is 12.1. The SMILES string of the molecule is COc1ccc(Cl)cc1C=CC(=O)N(C)C1CCNC1. The van der Waals surface area contributed by atoms with E-state index in [1.807, 2.05) is 7.05 Å². The van der Waals surface area contributed by atoms with E-state index in [0.29, 0.717) is 10.8 Å². The molecule has 0 aliphatic carbocycles. The smallest absolute Gasteiger partial charge is 0.246 e. The van der Waals surface area contributed by atoms with Crippen molar-refractivity contribution in [3.8, 4) is 5.75 Å².